The summed E-state index contributed by atoms with van der Waals surface area (Å²) in [5.41, 5.74) is 1.58. The van der Waals surface area contributed by atoms with E-state index in [-0.39, 0.29) is 17.2 Å². The van der Waals surface area contributed by atoms with E-state index >= 15 is 0 Å². The van der Waals surface area contributed by atoms with Gasteiger partial charge in [-0.25, -0.2) is 9.37 Å². The van der Waals surface area contributed by atoms with Gasteiger partial charge in [-0.05, 0) is 48.2 Å². The number of alkyl halides is 1. The van der Waals surface area contributed by atoms with Crippen molar-refractivity contribution in [3.8, 4) is 0 Å². The molecule has 0 saturated carbocycles. The van der Waals surface area contributed by atoms with Crippen LogP contribution in [0.5, 0.6) is 0 Å². The van der Waals surface area contributed by atoms with E-state index in [9.17, 15) is 4.39 Å². The van der Waals surface area contributed by atoms with Crippen molar-refractivity contribution in [3.63, 3.8) is 0 Å². The average molecular weight is 362 g/mol. The van der Waals surface area contributed by atoms with Crippen molar-refractivity contribution in [2.45, 2.75) is 45.5 Å². The van der Waals surface area contributed by atoms with Crippen LogP contribution in [0.2, 0.25) is 0 Å². The molecule has 2 aromatic rings. The van der Waals surface area contributed by atoms with Crippen LogP contribution in [0.3, 0.4) is 0 Å². The molecule has 0 spiro atoms. The van der Waals surface area contributed by atoms with Gasteiger partial charge < -0.3 is 4.57 Å². The zero-order valence-corrected chi connectivity index (χ0v) is 14.5. The summed E-state index contributed by atoms with van der Waals surface area (Å²) in [7, 11) is 0. The van der Waals surface area contributed by atoms with Gasteiger partial charge in [0.25, 0.3) is 0 Å². The quantitative estimate of drug-likeness (QED) is 0.625. The van der Waals surface area contributed by atoms with E-state index in [2.05, 4.69) is 46.3 Å². The molecule has 2 atom stereocenters. The van der Waals surface area contributed by atoms with Crippen LogP contribution in [0.15, 0.2) is 16.6 Å². The monoisotopic (exact) mass is 360 g/mol. The topological polar surface area (TPSA) is 17.8 Å². The van der Waals surface area contributed by atoms with Gasteiger partial charge in [0, 0.05) is 12.1 Å². The van der Waals surface area contributed by atoms with Crippen molar-refractivity contribution in [2.24, 2.45) is 5.92 Å². The largest absolute Gasteiger partial charge is 0.324 e. The standard InChI is InChI=1S/C15H19BrClFN2/c1-8(2)5-9(3)20-14-7-12(18)11(16)6-13(14)19-15(20)10(4)17/h6-10H,5H2,1-4H3. The molecule has 0 N–H and O–H groups in total. The van der Waals surface area contributed by atoms with Gasteiger partial charge in [0.1, 0.15) is 11.6 Å². The Balaban J connectivity index is 2.64. The number of rotatable bonds is 4. The molecule has 2 nitrogen and oxygen atoms in total. The summed E-state index contributed by atoms with van der Waals surface area (Å²) in [5.74, 6) is 1.08. The highest BCUT2D eigenvalue weighted by atomic mass is 79.9. The van der Waals surface area contributed by atoms with E-state index in [0.29, 0.717) is 10.4 Å². The summed E-state index contributed by atoms with van der Waals surface area (Å²) < 4.78 is 16.3. The normalized spacial score (nSPS) is 15.0. The van der Waals surface area contributed by atoms with Gasteiger partial charge in [0.15, 0.2) is 0 Å². The van der Waals surface area contributed by atoms with Gasteiger partial charge in [-0.1, -0.05) is 13.8 Å². The fourth-order valence-electron chi connectivity index (χ4n) is 2.64. The van der Waals surface area contributed by atoms with Crippen molar-refractivity contribution in [3.05, 3.63) is 28.2 Å². The highest BCUT2D eigenvalue weighted by molar-refractivity contribution is 9.10. The lowest BCUT2D eigenvalue weighted by molar-refractivity contribution is 0.425. The summed E-state index contributed by atoms with van der Waals surface area (Å²) in [6, 6.07) is 3.48. The third kappa shape index (κ3) is 3.01. The number of fused-ring (bicyclic) bond motifs is 1. The molecule has 5 heteroatoms. The van der Waals surface area contributed by atoms with Crippen LogP contribution in [0.1, 0.15) is 51.4 Å². The predicted molar refractivity (Wildman–Crippen MR) is 85.8 cm³/mol. The molecule has 0 aliphatic carbocycles. The minimum atomic E-state index is -0.274. The first-order chi connectivity index (χ1) is 9.31. The Morgan fingerprint density at radius 3 is 2.50 bits per heavy atom. The van der Waals surface area contributed by atoms with E-state index in [4.69, 9.17) is 11.6 Å². The molecule has 1 aromatic heterocycles. The first-order valence-corrected chi connectivity index (χ1v) is 8.05. The second kappa shape index (κ2) is 6.02. The molecule has 1 aromatic carbocycles. The smallest absolute Gasteiger partial charge is 0.139 e. The molecular weight excluding hydrogens is 343 g/mol. The highest BCUT2D eigenvalue weighted by Crippen LogP contribution is 2.32. The molecule has 2 unspecified atom stereocenters. The van der Waals surface area contributed by atoms with Crippen LogP contribution >= 0.6 is 27.5 Å². The minimum absolute atomic E-state index is 0.209. The maximum absolute atomic E-state index is 13.8. The molecule has 20 heavy (non-hydrogen) atoms. The van der Waals surface area contributed by atoms with Crippen molar-refractivity contribution < 1.29 is 4.39 Å². The third-order valence-electron chi connectivity index (χ3n) is 3.37. The fourth-order valence-corrected chi connectivity index (χ4v) is 3.13. The SMILES string of the molecule is CC(C)CC(C)n1c(C(C)Cl)nc2cc(Br)c(F)cc21. The number of aromatic nitrogens is 2. The Hall–Kier alpha value is -0.610. The van der Waals surface area contributed by atoms with E-state index in [1.807, 2.05) is 6.92 Å². The van der Waals surface area contributed by atoms with Crippen molar-refractivity contribution in [1.29, 1.82) is 0 Å². The van der Waals surface area contributed by atoms with Gasteiger partial charge in [-0.3, -0.25) is 0 Å². The van der Waals surface area contributed by atoms with Crippen LogP contribution < -0.4 is 0 Å². The van der Waals surface area contributed by atoms with Crippen molar-refractivity contribution in [2.75, 3.05) is 0 Å². The summed E-state index contributed by atoms with van der Waals surface area (Å²) in [6.45, 7) is 8.38. The van der Waals surface area contributed by atoms with E-state index < -0.39 is 0 Å². The summed E-state index contributed by atoms with van der Waals surface area (Å²) in [4.78, 5) is 4.58. The molecule has 1 heterocycles. The highest BCUT2D eigenvalue weighted by Gasteiger charge is 2.21. The predicted octanol–water partition coefficient (Wildman–Crippen LogP) is 5.84. The van der Waals surface area contributed by atoms with Gasteiger partial charge in [0.05, 0.1) is 20.9 Å². The summed E-state index contributed by atoms with van der Waals surface area (Å²) in [6.07, 6.45) is 1.000. The zero-order valence-electron chi connectivity index (χ0n) is 12.1. The number of benzene rings is 1. The van der Waals surface area contributed by atoms with E-state index in [1.54, 1.807) is 6.07 Å². The van der Waals surface area contributed by atoms with Crippen LogP contribution in [-0.4, -0.2) is 9.55 Å². The van der Waals surface area contributed by atoms with E-state index in [1.165, 1.54) is 6.07 Å². The third-order valence-corrected chi connectivity index (χ3v) is 4.17. The van der Waals surface area contributed by atoms with Gasteiger partial charge in [-0.15, -0.1) is 11.6 Å². The first-order valence-electron chi connectivity index (χ1n) is 6.82. The second-order valence-electron chi connectivity index (χ2n) is 5.69. The van der Waals surface area contributed by atoms with Crippen molar-refractivity contribution in [1.82, 2.24) is 9.55 Å². The summed E-state index contributed by atoms with van der Waals surface area (Å²) in [5, 5.41) is -0.209. The van der Waals surface area contributed by atoms with Gasteiger partial charge in [-0.2, -0.15) is 0 Å². The lowest BCUT2D eigenvalue weighted by atomic mass is 10.0. The number of hydrogen-bond acceptors (Lipinski definition) is 1. The molecule has 0 aliphatic heterocycles. The Morgan fingerprint density at radius 2 is 1.95 bits per heavy atom. The lowest BCUT2D eigenvalue weighted by Crippen LogP contribution is -2.12. The molecule has 0 fully saturated rings. The zero-order chi connectivity index (χ0) is 15.0. The fraction of sp³-hybridized carbons (Fsp3) is 0.533. The van der Waals surface area contributed by atoms with Crippen LogP contribution in [0.25, 0.3) is 11.0 Å². The average Bonchev–Trinajstić information content (AvgIpc) is 2.67. The number of nitrogens with zero attached hydrogens (tertiary/aromatic N) is 2. The molecule has 0 amide bonds. The molecule has 2 rings (SSSR count). The lowest BCUT2D eigenvalue weighted by Gasteiger charge is -2.20. The van der Waals surface area contributed by atoms with Gasteiger partial charge >= 0.3 is 0 Å². The maximum atomic E-state index is 13.8. The molecular formula is C15H19BrClFN2. The second-order valence-corrected chi connectivity index (χ2v) is 7.20. The summed E-state index contributed by atoms with van der Waals surface area (Å²) >= 11 is 9.46. The molecule has 0 radical (unpaired) electrons. The van der Waals surface area contributed by atoms with Crippen LogP contribution in [-0.2, 0) is 0 Å². The number of hydrogen-bond donors (Lipinski definition) is 0. The molecule has 0 bridgehead atoms. The number of halogens is 3. The van der Waals surface area contributed by atoms with Crippen LogP contribution in [0.4, 0.5) is 4.39 Å². The Labute approximate surface area is 132 Å². The molecule has 0 aliphatic rings. The number of imidazole rings is 1. The Bertz CT molecular complexity index is 622. The maximum Gasteiger partial charge on any atom is 0.139 e. The molecule has 0 saturated heterocycles. The van der Waals surface area contributed by atoms with Gasteiger partial charge in [0.2, 0.25) is 0 Å². The Kier molecular flexibility index (Phi) is 4.75. The molecule has 110 valence electrons. The Morgan fingerprint density at radius 1 is 1.30 bits per heavy atom. The van der Waals surface area contributed by atoms with Crippen molar-refractivity contribution >= 4 is 38.6 Å². The first kappa shape index (κ1) is 15.8. The van der Waals surface area contributed by atoms with Crippen LogP contribution in [0, 0.1) is 11.7 Å². The van der Waals surface area contributed by atoms with E-state index in [0.717, 1.165) is 23.3 Å². The minimum Gasteiger partial charge on any atom is -0.324 e.